The zero-order valence-corrected chi connectivity index (χ0v) is 7.24. The topological polar surface area (TPSA) is 80.2 Å². The largest absolute Gasteiger partial charge is 0.285 e. The molecule has 1 heterocycles. The van der Waals surface area contributed by atoms with Crippen LogP contribution in [0.2, 0.25) is 0 Å². The third-order valence-corrected chi connectivity index (χ3v) is 1.84. The first kappa shape index (κ1) is 9.08. The van der Waals surface area contributed by atoms with Crippen LogP contribution in [-0.4, -0.2) is 23.2 Å². The van der Waals surface area contributed by atoms with Crippen LogP contribution in [0.15, 0.2) is 12.1 Å². The normalized spacial score (nSPS) is 11.5. The van der Waals surface area contributed by atoms with Gasteiger partial charge in [0.05, 0.1) is 11.4 Å². The summed E-state index contributed by atoms with van der Waals surface area (Å²) in [4.78, 5) is 0. The molecule has 0 atom stereocenters. The average molecular weight is 188 g/mol. The van der Waals surface area contributed by atoms with Crippen molar-refractivity contribution in [3.63, 3.8) is 0 Å². The molecule has 1 rings (SSSR count). The van der Waals surface area contributed by atoms with Crippen LogP contribution < -0.4 is 0 Å². The molecule has 66 valence electrons. The molecule has 0 fully saturated rings. The van der Waals surface area contributed by atoms with Crippen LogP contribution in [0.5, 0.6) is 0 Å². The Bertz CT molecular complexity index is 357. The van der Waals surface area contributed by atoms with Crippen molar-refractivity contribution < 1.29 is 13.0 Å². The van der Waals surface area contributed by atoms with E-state index >= 15 is 0 Å². The Hall–Kier alpha value is -1.01. The summed E-state index contributed by atoms with van der Waals surface area (Å²) in [7, 11) is -3.99. The maximum Gasteiger partial charge on any atom is 0.270 e. The molecule has 0 bridgehead atoms. The summed E-state index contributed by atoms with van der Waals surface area (Å²) in [6, 6.07) is 3.14. The summed E-state index contributed by atoms with van der Waals surface area (Å²) in [6.45, 7) is 1.74. The maximum absolute atomic E-state index is 10.4. The van der Waals surface area contributed by atoms with Crippen molar-refractivity contribution in [1.82, 2.24) is 10.2 Å². The highest BCUT2D eigenvalue weighted by molar-refractivity contribution is 7.84. The van der Waals surface area contributed by atoms with E-state index in [4.69, 9.17) is 4.55 Å². The van der Waals surface area contributed by atoms with Gasteiger partial charge in [0.15, 0.2) is 0 Å². The molecule has 0 spiro atoms. The number of hydrogen-bond acceptors (Lipinski definition) is 4. The van der Waals surface area contributed by atoms with Gasteiger partial charge in [0, 0.05) is 0 Å². The van der Waals surface area contributed by atoms with E-state index in [2.05, 4.69) is 10.2 Å². The van der Waals surface area contributed by atoms with Gasteiger partial charge in [-0.1, -0.05) is 0 Å². The Kier molecular flexibility index (Phi) is 2.39. The van der Waals surface area contributed by atoms with E-state index in [1.165, 1.54) is 6.07 Å². The highest BCUT2D eigenvalue weighted by atomic mass is 32.2. The molecule has 0 amide bonds. The van der Waals surface area contributed by atoms with Crippen LogP contribution in [0.3, 0.4) is 0 Å². The molecule has 5 nitrogen and oxygen atoms in total. The van der Waals surface area contributed by atoms with Crippen molar-refractivity contribution in [1.29, 1.82) is 0 Å². The number of aryl methyl sites for hydroxylation is 1. The molecular formula is C6H8N2O3S. The lowest BCUT2D eigenvalue weighted by Crippen LogP contribution is -2.04. The van der Waals surface area contributed by atoms with Crippen molar-refractivity contribution in [3.8, 4) is 0 Å². The summed E-state index contributed by atoms with van der Waals surface area (Å²) in [5.41, 5.74) is 0.942. The minimum Gasteiger partial charge on any atom is -0.285 e. The highest BCUT2D eigenvalue weighted by Crippen LogP contribution is 1.99. The first-order valence-electron chi connectivity index (χ1n) is 3.22. The Labute approximate surface area is 70.2 Å². The van der Waals surface area contributed by atoms with Crippen LogP contribution >= 0.6 is 0 Å². The zero-order chi connectivity index (χ0) is 9.19. The zero-order valence-electron chi connectivity index (χ0n) is 6.43. The molecule has 0 unspecified atom stereocenters. The molecule has 0 aliphatic rings. The van der Waals surface area contributed by atoms with E-state index in [0.29, 0.717) is 5.69 Å². The van der Waals surface area contributed by atoms with Crippen molar-refractivity contribution in [3.05, 3.63) is 23.5 Å². The molecule has 1 aromatic heterocycles. The van der Waals surface area contributed by atoms with E-state index in [0.717, 1.165) is 0 Å². The second kappa shape index (κ2) is 3.16. The fourth-order valence-electron chi connectivity index (χ4n) is 0.690. The van der Waals surface area contributed by atoms with E-state index < -0.39 is 15.9 Å². The number of rotatable bonds is 2. The van der Waals surface area contributed by atoms with Crippen LogP contribution in [-0.2, 0) is 15.9 Å². The molecule has 0 radical (unpaired) electrons. The van der Waals surface area contributed by atoms with Gasteiger partial charge in [-0.3, -0.25) is 4.55 Å². The lowest BCUT2D eigenvalue weighted by molar-refractivity contribution is 0.481. The first-order valence-corrected chi connectivity index (χ1v) is 4.83. The number of aromatic nitrogens is 2. The van der Waals surface area contributed by atoms with Crippen molar-refractivity contribution in [2.24, 2.45) is 0 Å². The summed E-state index contributed by atoms with van der Waals surface area (Å²) in [5, 5.41) is 7.21. The SMILES string of the molecule is Cc1ccc(CS(=O)(=O)O)nn1. The molecule has 0 saturated heterocycles. The molecule has 0 aliphatic heterocycles. The number of hydrogen-bond donors (Lipinski definition) is 1. The molecule has 1 N–H and O–H groups in total. The third-order valence-electron chi connectivity index (χ3n) is 1.18. The first-order chi connectivity index (χ1) is 5.47. The van der Waals surface area contributed by atoms with Gasteiger partial charge in [-0.05, 0) is 19.1 Å². The van der Waals surface area contributed by atoms with Gasteiger partial charge in [0.25, 0.3) is 10.1 Å². The van der Waals surface area contributed by atoms with E-state index in [1.54, 1.807) is 13.0 Å². The average Bonchev–Trinajstić information content (AvgIpc) is 1.91. The van der Waals surface area contributed by atoms with Crippen LogP contribution in [0.4, 0.5) is 0 Å². The Morgan fingerprint density at radius 2 is 2.08 bits per heavy atom. The molecule has 0 saturated carbocycles. The molecule has 1 aromatic rings. The fraction of sp³-hybridized carbons (Fsp3) is 0.333. The van der Waals surface area contributed by atoms with Gasteiger partial charge in [0.2, 0.25) is 0 Å². The van der Waals surface area contributed by atoms with E-state index in [1.807, 2.05) is 0 Å². The summed E-state index contributed by atoms with van der Waals surface area (Å²) < 4.78 is 29.2. The molecule has 0 aromatic carbocycles. The van der Waals surface area contributed by atoms with Crippen LogP contribution in [0.1, 0.15) is 11.4 Å². The summed E-state index contributed by atoms with van der Waals surface area (Å²) >= 11 is 0. The van der Waals surface area contributed by atoms with Gasteiger partial charge < -0.3 is 0 Å². The molecule has 6 heteroatoms. The van der Waals surface area contributed by atoms with Gasteiger partial charge in [-0.25, -0.2) is 0 Å². The summed E-state index contributed by atoms with van der Waals surface area (Å²) in [6.07, 6.45) is 0. The molecule has 0 aliphatic carbocycles. The second-order valence-corrected chi connectivity index (χ2v) is 3.84. The van der Waals surface area contributed by atoms with Crippen molar-refractivity contribution in [2.75, 3.05) is 0 Å². The highest BCUT2D eigenvalue weighted by Gasteiger charge is 2.07. The second-order valence-electron chi connectivity index (χ2n) is 2.39. The molecule has 12 heavy (non-hydrogen) atoms. The minimum absolute atomic E-state index is 0.239. The van der Waals surface area contributed by atoms with Crippen LogP contribution in [0.25, 0.3) is 0 Å². The fourth-order valence-corrected chi connectivity index (χ4v) is 1.22. The van der Waals surface area contributed by atoms with Gasteiger partial charge in [-0.2, -0.15) is 18.6 Å². The van der Waals surface area contributed by atoms with Crippen molar-refractivity contribution in [2.45, 2.75) is 12.7 Å². The van der Waals surface area contributed by atoms with Crippen molar-refractivity contribution >= 4 is 10.1 Å². The van der Waals surface area contributed by atoms with Gasteiger partial charge in [-0.15, -0.1) is 0 Å². The summed E-state index contributed by atoms with van der Waals surface area (Å²) in [5.74, 6) is -0.486. The minimum atomic E-state index is -3.99. The predicted molar refractivity (Wildman–Crippen MR) is 42.0 cm³/mol. The Balaban J connectivity index is 2.85. The number of nitrogens with zero attached hydrogens (tertiary/aromatic N) is 2. The lowest BCUT2D eigenvalue weighted by atomic mass is 10.4. The maximum atomic E-state index is 10.4. The lowest BCUT2D eigenvalue weighted by Gasteiger charge is -1.95. The Morgan fingerprint density at radius 3 is 2.50 bits per heavy atom. The third kappa shape index (κ3) is 2.93. The smallest absolute Gasteiger partial charge is 0.270 e. The van der Waals surface area contributed by atoms with Gasteiger partial charge in [0.1, 0.15) is 5.75 Å². The van der Waals surface area contributed by atoms with Crippen LogP contribution in [0, 0.1) is 6.92 Å². The van der Waals surface area contributed by atoms with E-state index in [-0.39, 0.29) is 5.69 Å². The Morgan fingerprint density at radius 1 is 1.42 bits per heavy atom. The predicted octanol–water partition coefficient (Wildman–Crippen LogP) is 0.173. The quantitative estimate of drug-likeness (QED) is 0.669. The van der Waals surface area contributed by atoms with Gasteiger partial charge >= 0.3 is 0 Å². The molecular weight excluding hydrogens is 180 g/mol. The van der Waals surface area contributed by atoms with E-state index in [9.17, 15) is 8.42 Å². The standard InChI is InChI=1S/C6H8N2O3S/c1-5-2-3-6(8-7-5)4-12(9,10)11/h2-3H,4H2,1H3,(H,9,10,11). The monoisotopic (exact) mass is 188 g/mol.